The monoisotopic (exact) mass is 1550 g/mol. The average molecular weight is 1550 g/mol. The summed E-state index contributed by atoms with van der Waals surface area (Å²) >= 11 is 0. The third-order valence-electron chi connectivity index (χ3n) is 17.0. The van der Waals surface area contributed by atoms with Crippen molar-refractivity contribution in [3.05, 3.63) is 158 Å². The van der Waals surface area contributed by atoms with Crippen molar-refractivity contribution in [1.82, 2.24) is 0 Å². The first kappa shape index (κ1) is 103. The molecule has 5 unspecified atom stereocenters. The summed E-state index contributed by atoms with van der Waals surface area (Å²) in [6, 6.07) is 0. The van der Waals surface area contributed by atoms with Gasteiger partial charge in [0.2, 0.25) is 0 Å². The van der Waals surface area contributed by atoms with Gasteiger partial charge in [0.05, 0.1) is 26.4 Å². The Labute approximate surface area is 655 Å². The van der Waals surface area contributed by atoms with E-state index in [1.54, 1.807) is 0 Å². The zero-order valence-corrected chi connectivity index (χ0v) is 69.3. The molecule has 3 N–H and O–H groups in total. The van der Waals surface area contributed by atoms with Crippen LogP contribution in [0.4, 0.5) is 0 Å². The van der Waals surface area contributed by atoms with Gasteiger partial charge in [-0.15, -0.1) is 0 Å². The number of ether oxygens (including phenoxy) is 4. The highest BCUT2D eigenvalue weighted by molar-refractivity contribution is 7.47. The molecule has 0 amide bonds. The number of carbonyl (C=O) groups is 4. The highest BCUT2D eigenvalue weighted by Crippen LogP contribution is 2.45. The van der Waals surface area contributed by atoms with Crippen molar-refractivity contribution in [1.29, 1.82) is 0 Å². The summed E-state index contributed by atoms with van der Waals surface area (Å²) in [5.41, 5.74) is 0. The number of phosphoric ester groups is 2. The summed E-state index contributed by atoms with van der Waals surface area (Å²) in [6.45, 7) is 4.51. The fraction of sp³-hybridized carbons (Fsp3) is 0.663. The molecule has 0 saturated carbocycles. The van der Waals surface area contributed by atoms with Crippen LogP contribution in [-0.2, 0) is 65.4 Å². The lowest BCUT2D eigenvalue weighted by Gasteiger charge is -2.21. The summed E-state index contributed by atoms with van der Waals surface area (Å²) in [5.74, 6) is -2.33. The predicted octanol–water partition coefficient (Wildman–Crippen LogP) is 24.8. The van der Waals surface area contributed by atoms with Crippen molar-refractivity contribution in [2.75, 3.05) is 39.6 Å². The SMILES string of the molecule is CC/C=C\C/C=C\C/C=C\C/C=C\C/C=C\C/C=C\CCC(=O)OCC(COP(=O)(O)OCC(O)COP(=O)(O)OCC(COC(=O)CCCCC/C=C\C/C=C\C/C=C\C/C=C\C/C=C\CC)OC(=O)CCCCCCC/C=C\CCCCCCCC)OC(=O)CCCCCCC/C=C\CCCCCCCC. The molecule has 0 rings (SSSR count). The van der Waals surface area contributed by atoms with Crippen LogP contribution in [0, 0.1) is 0 Å². The number of hydrogen-bond acceptors (Lipinski definition) is 15. The molecule has 17 nitrogen and oxygen atoms in total. The van der Waals surface area contributed by atoms with Gasteiger partial charge in [0.15, 0.2) is 12.2 Å². The number of aliphatic hydroxyl groups excluding tert-OH is 1. The Kier molecular flexibility index (Phi) is 75.8. The van der Waals surface area contributed by atoms with Gasteiger partial charge in [-0.1, -0.05) is 295 Å². The quantitative estimate of drug-likeness (QED) is 0.0169. The number of phosphoric acid groups is 2. The van der Waals surface area contributed by atoms with E-state index in [4.69, 9.17) is 37.0 Å². The Morgan fingerprint density at radius 1 is 0.269 bits per heavy atom. The molecule has 0 aliphatic heterocycles. The molecule has 0 aliphatic carbocycles. The van der Waals surface area contributed by atoms with Gasteiger partial charge in [0.25, 0.3) is 0 Å². The van der Waals surface area contributed by atoms with Crippen LogP contribution in [0.3, 0.4) is 0 Å². The van der Waals surface area contributed by atoms with Crippen molar-refractivity contribution in [3.8, 4) is 0 Å². The second kappa shape index (κ2) is 79.8. The Morgan fingerprint density at radius 3 is 0.815 bits per heavy atom. The summed E-state index contributed by atoms with van der Waals surface area (Å²) in [4.78, 5) is 73.1. The molecule has 0 radical (unpaired) electrons. The van der Waals surface area contributed by atoms with E-state index in [1.807, 2.05) is 18.2 Å². The van der Waals surface area contributed by atoms with Crippen molar-refractivity contribution in [2.45, 2.75) is 341 Å². The number of hydrogen-bond donors (Lipinski definition) is 3. The van der Waals surface area contributed by atoms with Crippen molar-refractivity contribution in [2.24, 2.45) is 0 Å². The molecule has 0 spiro atoms. The molecule has 0 aromatic heterocycles. The number of aliphatic hydroxyl groups is 1. The zero-order chi connectivity index (χ0) is 78.9. The van der Waals surface area contributed by atoms with Crippen LogP contribution >= 0.6 is 15.6 Å². The van der Waals surface area contributed by atoms with Gasteiger partial charge in [-0.3, -0.25) is 37.3 Å². The fourth-order valence-electron chi connectivity index (χ4n) is 10.7. The van der Waals surface area contributed by atoms with Crippen LogP contribution in [0.25, 0.3) is 0 Å². The summed E-state index contributed by atoms with van der Waals surface area (Å²) in [6.07, 6.45) is 93.7. The normalized spacial score (nSPS) is 14.6. The smallest absolute Gasteiger partial charge is 0.462 e. The predicted molar refractivity (Wildman–Crippen MR) is 445 cm³/mol. The van der Waals surface area contributed by atoms with Gasteiger partial charge in [0, 0.05) is 25.7 Å². The number of unbranched alkanes of at least 4 members (excludes halogenated alkanes) is 25. The maximum atomic E-state index is 13.1. The molecule has 0 saturated heterocycles. The maximum absolute atomic E-state index is 13.1. The van der Waals surface area contributed by atoms with E-state index in [1.165, 1.54) is 77.0 Å². The molecule has 0 aliphatic rings. The fourth-order valence-corrected chi connectivity index (χ4v) is 12.3. The van der Waals surface area contributed by atoms with Crippen molar-refractivity contribution >= 4 is 39.5 Å². The summed E-state index contributed by atoms with van der Waals surface area (Å²) < 4.78 is 68.6. The molecular weight excluding hydrogens is 1400 g/mol. The van der Waals surface area contributed by atoms with Crippen molar-refractivity contribution in [3.63, 3.8) is 0 Å². The van der Waals surface area contributed by atoms with Crippen LogP contribution in [0.2, 0.25) is 0 Å². The van der Waals surface area contributed by atoms with E-state index < -0.39 is 97.5 Å². The van der Waals surface area contributed by atoms with E-state index in [0.29, 0.717) is 32.1 Å². The van der Waals surface area contributed by atoms with Crippen molar-refractivity contribution < 1.29 is 80.2 Å². The standard InChI is InChI=1S/C89H148O17P2/c1-5-9-13-17-21-25-29-33-37-39-41-43-47-49-53-57-61-65-69-73-86(91)99-79-84(105-88(93)75-71-67-63-59-55-51-45-35-31-27-23-19-15-11-7-3)81-103-107(95,96)101-77-83(90)78-102-108(97,98)104-82-85(106-89(94)76-72-68-64-60-56-52-46-36-32-28-24-20-16-12-8-4)80-100-87(92)74-70-66-62-58-54-50-48-44-42-40-38-34-30-26-22-18-14-10-6-2/h9-10,13-14,21-22,25-26,33-38,41-46,49-50,53-54,61,65,83-85,90H,5-8,11-12,15-20,23-24,27-32,39-40,47-48,51-52,55-60,62-64,66-82H2,1-4H3,(H,95,96)(H,97,98)/b13-9-,14-10-,25-21-,26-22-,37-33-,38-34-,43-41-,44-42-,45-35-,46-36-,53-49-,54-50-,65-61-. The van der Waals surface area contributed by atoms with Crippen LogP contribution in [0.5, 0.6) is 0 Å². The molecule has 0 fully saturated rings. The van der Waals surface area contributed by atoms with E-state index >= 15 is 0 Å². The molecule has 0 aromatic carbocycles. The molecule has 616 valence electrons. The van der Waals surface area contributed by atoms with E-state index in [9.17, 15) is 43.2 Å². The molecule has 0 heterocycles. The lowest BCUT2D eigenvalue weighted by Crippen LogP contribution is -2.30. The minimum atomic E-state index is -5.01. The summed E-state index contributed by atoms with van der Waals surface area (Å²) in [5, 5.41) is 10.7. The topological polar surface area (TPSA) is 237 Å². The van der Waals surface area contributed by atoms with Gasteiger partial charge in [0.1, 0.15) is 19.3 Å². The largest absolute Gasteiger partial charge is 0.472 e. The lowest BCUT2D eigenvalue weighted by atomic mass is 10.1. The first-order valence-corrected chi connectivity index (χ1v) is 44.7. The molecule has 108 heavy (non-hydrogen) atoms. The summed E-state index contributed by atoms with van der Waals surface area (Å²) in [7, 11) is -10.0. The third kappa shape index (κ3) is 78.8. The van der Waals surface area contributed by atoms with Gasteiger partial charge in [-0.25, -0.2) is 9.13 Å². The third-order valence-corrected chi connectivity index (χ3v) is 18.9. The number of carbonyl (C=O) groups excluding carboxylic acids is 4. The van der Waals surface area contributed by atoms with E-state index in [2.05, 4.69) is 167 Å². The number of esters is 4. The van der Waals surface area contributed by atoms with Gasteiger partial charge >= 0.3 is 39.5 Å². The minimum Gasteiger partial charge on any atom is -0.462 e. The number of allylic oxidation sites excluding steroid dienone is 26. The maximum Gasteiger partial charge on any atom is 0.472 e. The minimum absolute atomic E-state index is 0.0301. The Bertz CT molecular complexity index is 2660. The van der Waals surface area contributed by atoms with Crippen LogP contribution < -0.4 is 0 Å². The second-order valence-electron chi connectivity index (χ2n) is 27.3. The Hall–Kier alpha value is -5.32. The lowest BCUT2D eigenvalue weighted by molar-refractivity contribution is -0.161. The van der Waals surface area contributed by atoms with Crippen LogP contribution in [-0.4, -0.2) is 96.7 Å². The highest BCUT2D eigenvalue weighted by atomic mass is 31.2. The zero-order valence-electron chi connectivity index (χ0n) is 67.5. The molecule has 5 atom stereocenters. The highest BCUT2D eigenvalue weighted by Gasteiger charge is 2.30. The first-order chi connectivity index (χ1) is 52.7. The average Bonchev–Trinajstić information content (AvgIpc) is 0.923. The first-order valence-electron chi connectivity index (χ1n) is 41.7. The second-order valence-corrected chi connectivity index (χ2v) is 30.2. The molecule has 19 heteroatoms. The molecule has 0 bridgehead atoms. The number of rotatable bonds is 77. The van der Waals surface area contributed by atoms with Gasteiger partial charge in [-0.2, -0.15) is 0 Å². The molecular formula is C89H148O17P2. The van der Waals surface area contributed by atoms with Crippen LogP contribution in [0.15, 0.2) is 158 Å². The van der Waals surface area contributed by atoms with E-state index in [-0.39, 0.29) is 25.7 Å². The van der Waals surface area contributed by atoms with Gasteiger partial charge in [-0.05, 0) is 161 Å². The van der Waals surface area contributed by atoms with Crippen LogP contribution in [0.1, 0.15) is 323 Å². The van der Waals surface area contributed by atoms with Gasteiger partial charge < -0.3 is 33.8 Å². The Morgan fingerprint density at radius 2 is 0.500 bits per heavy atom. The van der Waals surface area contributed by atoms with E-state index in [0.717, 1.165) is 161 Å². The molecule has 0 aromatic rings. The Balaban J connectivity index is 5.48.